The van der Waals surface area contributed by atoms with Gasteiger partial charge in [-0.2, -0.15) is 0 Å². The van der Waals surface area contributed by atoms with Crippen LogP contribution in [0.3, 0.4) is 0 Å². The summed E-state index contributed by atoms with van der Waals surface area (Å²) in [6.07, 6.45) is 1.72. The highest BCUT2D eigenvalue weighted by Gasteiger charge is 2.30. The third-order valence-electron chi connectivity index (χ3n) is 7.33. The van der Waals surface area contributed by atoms with Gasteiger partial charge in [0.05, 0.1) is 12.8 Å². The Morgan fingerprint density at radius 2 is 1.60 bits per heavy atom. The molecule has 1 aliphatic rings. The smallest absolute Gasteiger partial charge is 0.259 e. The van der Waals surface area contributed by atoms with Crippen LogP contribution in [0.2, 0.25) is 0 Å². The Morgan fingerprint density at radius 3 is 2.21 bits per heavy atom. The van der Waals surface area contributed by atoms with Crippen molar-refractivity contribution in [3.8, 4) is 17.2 Å². The number of pyridine rings is 1. The quantitative estimate of drug-likeness (QED) is 0.161. The van der Waals surface area contributed by atoms with Crippen LogP contribution in [0.5, 0.6) is 17.2 Å². The minimum atomic E-state index is -0.549. The number of ether oxygens (including phenoxy) is 2. The van der Waals surface area contributed by atoms with E-state index in [1.165, 1.54) is 29.8 Å². The summed E-state index contributed by atoms with van der Waals surface area (Å²) in [6, 6.07) is 18.2. The van der Waals surface area contributed by atoms with Gasteiger partial charge in [-0.1, -0.05) is 52.0 Å². The molecule has 0 spiro atoms. The first-order valence-corrected chi connectivity index (χ1v) is 15.9. The predicted octanol–water partition coefficient (Wildman–Crippen LogP) is 8.02. The Kier molecular flexibility index (Phi) is 13.1. The molecule has 0 saturated heterocycles. The molecule has 0 aliphatic heterocycles. The number of amides is 2. The Hall–Kier alpha value is -5.12. The Morgan fingerprint density at radius 1 is 0.915 bits per heavy atom. The molecule has 1 heterocycles. The first-order valence-electron chi connectivity index (χ1n) is 15.9. The number of halogens is 1. The van der Waals surface area contributed by atoms with E-state index in [2.05, 4.69) is 16.0 Å². The van der Waals surface area contributed by atoms with E-state index < -0.39 is 17.3 Å². The number of rotatable bonds is 10. The molecule has 9 nitrogen and oxygen atoms in total. The molecule has 3 N–H and O–H groups in total. The van der Waals surface area contributed by atoms with Crippen LogP contribution in [0.4, 0.5) is 21.6 Å². The van der Waals surface area contributed by atoms with Crippen LogP contribution in [0.25, 0.3) is 0 Å². The summed E-state index contributed by atoms with van der Waals surface area (Å²) in [5, 5.41) is 8.75. The van der Waals surface area contributed by atoms with Crippen LogP contribution in [0.15, 0.2) is 71.5 Å². The lowest BCUT2D eigenvalue weighted by atomic mass is 10.1. The molecular formula is C37H45FN4O5. The van der Waals surface area contributed by atoms with Gasteiger partial charge in [0.25, 0.3) is 11.5 Å². The SMILES string of the molecule is CC.CC.COc1ccc(CNC(=O)c2c(Oc3cccc(NC(=O)C4CC4)c3C)cc(=O)n(C)c2Nc2ccc(C)cc2F)cc1. The van der Waals surface area contributed by atoms with Crippen LogP contribution >= 0.6 is 0 Å². The highest BCUT2D eigenvalue weighted by molar-refractivity contribution is 6.02. The maximum atomic E-state index is 14.9. The van der Waals surface area contributed by atoms with Crippen molar-refractivity contribution < 1.29 is 23.5 Å². The van der Waals surface area contributed by atoms with Gasteiger partial charge in [-0.25, -0.2) is 4.39 Å². The van der Waals surface area contributed by atoms with Crippen molar-refractivity contribution in [1.82, 2.24) is 9.88 Å². The predicted molar refractivity (Wildman–Crippen MR) is 186 cm³/mol. The summed E-state index contributed by atoms with van der Waals surface area (Å²) in [7, 11) is 3.06. The molecule has 10 heteroatoms. The van der Waals surface area contributed by atoms with Gasteiger partial charge in [-0.3, -0.25) is 19.0 Å². The molecule has 0 radical (unpaired) electrons. The first-order chi connectivity index (χ1) is 22.6. The molecular weight excluding hydrogens is 599 g/mol. The number of hydrogen-bond donors (Lipinski definition) is 3. The van der Waals surface area contributed by atoms with Gasteiger partial charge in [0.15, 0.2) is 0 Å². The molecule has 4 aromatic rings. The number of benzene rings is 3. The number of anilines is 3. The Labute approximate surface area is 276 Å². The first kappa shape index (κ1) is 36.3. The number of aryl methyl sites for hydroxylation is 1. The lowest BCUT2D eigenvalue weighted by Gasteiger charge is -2.20. The molecule has 1 aromatic heterocycles. The van der Waals surface area contributed by atoms with Crippen molar-refractivity contribution in [1.29, 1.82) is 0 Å². The summed E-state index contributed by atoms with van der Waals surface area (Å²) in [4.78, 5) is 39.4. The molecule has 0 atom stereocenters. The fourth-order valence-corrected chi connectivity index (χ4v) is 4.54. The molecule has 47 heavy (non-hydrogen) atoms. The van der Waals surface area contributed by atoms with Crippen LogP contribution in [0.1, 0.15) is 67.6 Å². The van der Waals surface area contributed by atoms with E-state index in [0.29, 0.717) is 22.7 Å². The molecule has 1 fully saturated rings. The molecule has 0 unspecified atom stereocenters. The van der Waals surface area contributed by atoms with Crippen molar-refractivity contribution >= 4 is 29.0 Å². The fraction of sp³-hybridized carbons (Fsp3) is 0.324. The minimum absolute atomic E-state index is 0.00223. The zero-order valence-corrected chi connectivity index (χ0v) is 28.4. The fourth-order valence-electron chi connectivity index (χ4n) is 4.54. The highest BCUT2D eigenvalue weighted by Crippen LogP contribution is 2.36. The Bertz CT molecular complexity index is 1750. The zero-order valence-electron chi connectivity index (χ0n) is 28.4. The second-order valence-electron chi connectivity index (χ2n) is 10.6. The zero-order chi connectivity index (χ0) is 34.7. The molecule has 2 amide bonds. The number of nitrogens with one attached hydrogen (secondary N) is 3. The van der Waals surface area contributed by atoms with E-state index in [9.17, 15) is 18.8 Å². The number of methoxy groups -OCH3 is 1. The minimum Gasteiger partial charge on any atom is -0.497 e. The second-order valence-corrected chi connectivity index (χ2v) is 10.6. The average Bonchev–Trinajstić information content (AvgIpc) is 3.93. The summed E-state index contributed by atoms with van der Waals surface area (Å²) in [6.45, 7) is 11.7. The van der Waals surface area contributed by atoms with E-state index in [4.69, 9.17) is 9.47 Å². The van der Waals surface area contributed by atoms with Gasteiger partial charge in [0.1, 0.15) is 34.4 Å². The Balaban J connectivity index is 0.00000144. The number of carbonyl (C=O) groups excluding carboxylic acids is 2. The van der Waals surface area contributed by atoms with Gasteiger partial charge in [0, 0.05) is 36.8 Å². The topological polar surface area (TPSA) is 111 Å². The molecule has 1 aliphatic carbocycles. The summed E-state index contributed by atoms with van der Waals surface area (Å²) >= 11 is 0. The molecule has 1 saturated carbocycles. The molecule has 5 rings (SSSR count). The standard InChI is InChI=1S/C33H33FN4O5.2C2H6/c1-19-8-15-26(24(34)16-19)36-31-30(33(41)35-18-21-9-13-23(42-4)14-10-21)28(17-29(39)38(31)3)43-27-7-5-6-25(20(27)2)37-32(40)22-11-12-22;2*1-2/h5-10,13-17,22,36H,11-12,18H2,1-4H3,(H,35,41)(H,37,40);2*1-2H3. The van der Waals surface area contributed by atoms with E-state index in [-0.39, 0.29) is 41.2 Å². The van der Waals surface area contributed by atoms with E-state index in [1.54, 1.807) is 57.4 Å². The van der Waals surface area contributed by atoms with Gasteiger partial charge < -0.3 is 25.4 Å². The van der Waals surface area contributed by atoms with Crippen molar-refractivity contribution in [2.75, 3.05) is 17.7 Å². The monoisotopic (exact) mass is 644 g/mol. The normalized spacial score (nSPS) is 11.6. The molecule has 250 valence electrons. The number of hydrogen-bond acceptors (Lipinski definition) is 6. The van der Waals surface area contributed by atoms with Gasteiger partial charge in [0.2, 0.25) is 5.91 Å². The summed E-state index contributed by atoms with van der Waals surface area (Å²) < 4.78 is 27.6. The molecule has 0 bridgehead atoms. The number of nitrogens with zero attached hydrogens (tertiary/aromatic N) is 1. The van der Waals surface area contributed by atoms with Gasteiger partial charge >= 0.3 is 0 Å². The average molecular weight is 645 g/mol. The van der Waals surface area contributed by atoms with Crippen molar-refractivity contribution in [2.45, 2.75) is 60.9 Å². The van der Waals surface area contributed by atoms with Crippen molar-refractivity contribution in [3.63, 3.8) is 0 Å². The maximum absolute atomic E-state index is 14.9. The van der Waals surface area contributed by atoms with Gasteiger partial charge in [-0.15, -0.1) is 0 Å². The van der Waals surface area contributed by atoms with Crippen LogP contribution in [-0.4, -0.2) is 23.5 Å². The third kappa shape index (κ3) is 9.22. The van der Waals surface area contributed by atoms with Gasteiger partial charge in [-0.05, 0) is 74.2 Å². The van der Waals surface area contributed by atoms with Crippen molar-refractivity contribution in [2.24, 2.45) is 13.0 Å². The van der Waals surface area contributed by atoms with Crippen molar-refractivity contribution in [3.05, 3.63) is 105 Å². The number of carbonyl (C=O) groups is 2. The lowest BCUT2D eigenvalue weighted by molar-refractivity contribution is -0.117. The van der Waals surface area contributed by atoms with E-state index in [0.717, 1.165) is 24.0 Å². The van der Waals surface area contributed by atoms with Crippen LogP contribution in [-0.2, 0) is 18.4 Å². The van der Waals surface area contributed by atoms with E-state index in [1.807, 2.05) is 39.8 Å². The molecule has 3 aromatic carbocycles. The largest absolute Gasteiger partial charge is 0.497 e. The highest BCUT2D eigenvalue weighted by atomic mass is 19.1. The lowest BCUT2D eigenvalue weighted by Crippen LogP contribution is -2.29. The van der Waals surface area contributed by atoms with Crippen LogP contribution in [0, 0.1) is 25.6 Å². The third-order valence-corrected chi connectivity index (χ3v) is 7.33. The summed E-state index contributed by atoms with van der Waals surface area (Å²) in [5.74, 6) is -0.0881. The number of aromatic nitrogens is 1. The maximum Gasteiger partial charge on any atom is 0.259 e. The van der Waals surface area contributed by atoms with E-state index >= 15 is 0 Å². The summed E-state index contributed by atoms with van der Waals surface area (Å²) in [5.41, 5.74) is 2.34. The van der Waals surface area contributed by atoms with Crippen LogP contribution < -0.4 is 31.0 Å². The second kappa shape index (κ2) is 17.0.